The number of carbonyl (C=O) groups excluding carboxylic acids is 3. The van der Waals surface area contributed by atoms with Crippen molar-refractivity contribution in [2.45, 2.75) is 167 Å². The fourth-order valence-corrected chi connectivity index (χ4v) is 10.1. The molecule has 0 fully saturated rings. The summed E-state index contributed by atoms with van der Waals surface area (Å²) < 4.78 is 44.1. The van der Waals surface area contributed by atoms with Crippen LogP contribution in [0.4, 0.5) is 4.79 Å². The molecule has 0 heterocycles. The third-order valence-corrected chi connectivity index (χ3v) is 23.5. The van der Waals surface area contributed by atoms with Gasteiger partial charge < -0.3 is 9.16 Å². The number of hydrogen-bond donors (Lipinski definition) is 2. The monoisotopic (exact) mass is 995 g/mol. The SMILES string of the molecule is CC[C@@](C)(Oc1cc([C@H](O[Si](C)(C)C(C)(C)C)[C@H](N=[N+]=[N-])C(=O)OC)ccc1O[Si](C)(C)C(C)(C)C)[C@@H](COCOC)NC(=O)[C@@H](NC(=O)OC(C)(C)C)C(C)C[Se]c1ccccc1. The second-order valence-electron chi connectivity index (χ2n) is 20.4. The number of nitrogens with zero attached hydrogens (tertiary/aromatic N) is 3. The van der Waals surface area contributed by atoms with Crippen LogP contribution in [0.5, 0.6) is 11.5 Å². The van der Waals surface area contributed by atoms with Gasteiger partial charge in [-0.1, -0.05) is 46.7 Å². The van der Waals surface area contributed by atoms with Crippen molar-refractivity contribution >= 4 is 54.0 Å². The molecule has 0 radical (unpaired) electrons. The Balaban J connectivity index is 2.85. The summed E-state index contributed by atoms with van der Waals surface area (Å²) in [5, 5.41) is 10.1. The third-order valence-electron chi connectivity index (χ3n) is 12.0. The van der Waals surface area contributed by atoms with Crippen LogP contribution >= 0.6 is 0 Å². The zero-order valence-electron chi connectivity index (χ0n) is 41.7. The van der Waals surface area contributed by atoms with E-state index in [1.54, 1.807) is 39.0 Å². The molecule has 2 aromatic rings. The molecule has 2 rings (SSSR count). The van der Waals surface area contributed by atoms with Crippen LogP contribution in [0.1, 0.15) is 101 Å². The predicted molar refractivity (Wildman–Crippen MR) is 258 cm³/mol. The molecule has 2 aromatic carbocycles. The number of ether oxygens (including phenoxy) is 5. The van der Waals surface area contributed by atoms with E-state index in [4.69, 9.17) is 32.5 Å². The maximum absolute atomic E-state index is 14.7. The average Bonchev–Trinajstić information content (AvgIpc) is 3.19. The molecule has 360 valence electrons. The number of rotatable bonds is 23. The van der Waals surface area contributed by atoms with Crippen molar-refractivity contribution in [3.63, 3.8) is 0 Å². The number of amides is 2. The second kappa shape index (κ2) is 23.7. The predicted octanol–water partition coefficient (Wildman–Crippen LogP) is 9.62. The van der Waals surface area contributed by atoms with E-state index in [1.165, 1.54) is 18.7 Å². The van der Waals surface area contributed by atoms with Crippen molar-refractivity contribution in [1.82, 2.24) is 10.6 Å². The molecular weight excluding hydrogens is 918 g/mol. The van der Waals surface area contributed by atoms with Crippen LogP contribution in [0, 0.1) is 5.92 Å². The summed E-state index contributed by atoms with van der Waals surface area (Å²) in [7, 11) is -2.40. The van der Waals surface area contributed by atoms with E-state index in [-0.39, 0.29) is 44.4 Å². The van der Waals surface area contributed by atoms with E-state index in [0.29, 0.717) is 28.8 Å². The van der Waals surface area contributed by atoms with Crippen LogP contribution in [-0.2, 0) is 33.0 Å². The zero-order chi connectivity index (χ0) is 48.9. The summed E-state index contributed by atoms with van der Waals surface area (Å²) >= 11 is 0.0139. The van der Waals surface area contributed by atoms with Crippen molar-refractivity contribution in [3.8, 4) is 11.5 Å². The van der Waals surface area contributed by atoms with Crippen LogP contribution in [0.3, 0.4) is 0 Å². The molecular formula is C46H77N5O10SeSi2. The molecule has 0 spiro atoms. The first kappa shape index (κ1) is 56.5. The van der Waals surface area contributed by atoms with Crippen molar-refractivity contribution in [1.29, 1.82) is 0 Å². The number of azide groups is 1. The van der Waals surface area contributed by atoms with Gasteiger partial charge in [0.1, 0.15) is 0 Å². The van der Waals surface area contributed by atoms with Gasteiger partial charge >= 0.3 is 264 Å². The average molecular weight is 995 g/mol. The Bertz CT molecular complexity index is 1880. The second-order valence-corrected chi connectivity index (χ2v) is 32.1. The Labute approximate surface area is 391 Å². The van der Waals surface area contributed by atoms with Gasteiger partial charge in [0.25, 0.3) is 0 Å². The van der Waals surface area contributed by atoms with E-state index < -0.39 is 70.0 Å². The third kappa shape index (κ3) is 16.7. The summed E-state index contributed by atoms with van der Waals surface area (Å²) in [4.78, 5) is 44.3. The molecule has 0 saturated heterocycles. The Morgan fingerprint density at radius 2 is 1.47 bits per heavy atom. The van der Waals surface area contributed by atoms with E-state index in [1.807, 2.05) is 52.1 Å². The van der Waals surface area contributed by atoms with E-state index in [9.17, 15) is 19.9 Å². The van der Waals surface area contributed by atoms with Gasteiger partial charge in [0, 0.05) is 4.91 Å². The van der Waals surface area contributed by atoms with Crippen molar-refractivity contribution in [2.75, 3.05) is 27.6 Å². The molecule has 6 atom stereocenters. The van der Waals surface area contributed by atoms with E-state index in [2.05, 4.69) is 87.4 Å². The quantitative estimate of drug-likeness (QED) is 0.0206. The van der Waals surface area contributed by atoms with Crippen molar-refractivity contribution in [2.24, 2.45) is 11.0 Å². The summed E-state index contributed by atoms with van der Waals surface area (Å²) in [5.74, 6) is -0.728. The minimum atomic E-state index is -2.64. The molecule has 0 aliphatic carbocycles. The number of hydrogen-bond acceptors (Lipinski definition) is 11. The van der Waals surface area contributed by atoms with Gasteiger partial charge in [-0.05, 0) is 41.8 Å². The Morgan fingerprint density at radius 3 is 1.98 bits per heavy atom. The molecule has 0 aliphatic heterocycles. The summed E-state index contributed by atoms with van der Waals surface area (Å²) in [6.07, 6.45) is -1.40. The summed E-state index contributed by atoms with van der Waals surface area (Å²) in [6, 6.07) is 12.2. The first-order valence-corrected chi connectivity index (χ1v) is 29.7. The van der Waals surface area contributed by atoms with Crippen LogP contribution in [-0.4, -0.2) is 107 Å². The Kier molecular flexibility index (Phi) is 21.0. The number of methoxy groups -OCH3 is 2. The first-order valence-electron chi connectivity index (χ1n) is 21.8. The van der Waals surface area contributed by atoms with Gasteiger partial charge in [-0.2, -0.15) is 0 Å². The van der Waals surface area contributed by atoms with Gasteiger partial charge in [0.05, 0.1) is 7.11 Å². The van der Waals surface area contributed by atoms with E-state index >= 15 is 0 Å². The molecule has 0 aliphatic rings. The minimum absolute atomic E-state index is 0.0139. The fourth-order valence-electron chi connectivity index (χ4n) is 5.77. The van der Waals surface area contributed by atoms with Crippen LogP contribution < -0.4 is 24.3 Å². The molecule has 2 N–H and O–H groups in total. The normalized spacial score (nSPS) is 15.8. The van der Waals surface area contributed by atoms with Gasteiger partial charge in [-0.3, -0.25) is 4.79 Å². The van der Waals surface area contributed by atoms with Gasteiger partial charge in [0.2, 0.25) is 0 Å². The van der Waals surface area contributed by atoms with Crippen LogP contribution in [0.15, 0.2) is 53.6 Å². The van der Waals surface area contributed by atoms with Crippen molar-refractivity contribution in [3.05, 3.63) is 64.5 Å². The zero-order valence-corrected chi connectivity index (χ0v) is 45.4. The molecule has 18 heteroatoms. The van der Waals surface area contributed by atoms with Crippen LogP contribution in [0.25, 0.3) is 10.4 Å². The van der Waals surface area contributed by atoms with Gasteiger partial charge in [0.15, 0.2) is 14.4 Å². The number of alkyl carbamates (subject to hydrolysis) is 1. The number of esters is 1. The molecule has 15 nitrogen and oxygen atoms in total. The first-order chi connectivity index (χ1) is 29.5. The van der Waals surface area contributed by atoms with Crippen LogP contribution in [0.2, 0.25) is 41.6 Å². The molecule has 2 amide bonds. The van der Waals surface area contributed by atoms with Crippen molar-refractivity contribution < 1.29 is 46.9 Å². The number of nitrogens with one attached hydrogen (secondary N) is 2. The summed E-state index contributed by atoms with van der Waals surface area (Å²) in [6.45, 7) is 32.0. The molecule has 0 aromatic heterocycles. The Hall–Kier alpha value is -3.61. The molecule has 1 unspecified atom stereocenters. The maximum atomic E-state index is 14.7. The molecule has 0 bridgehead atoms. The molecule has 0 saturated carbocycles. The van der Waals surface area contributed by atoms with Gasteiger partial charge in [-0.25, -0.2) is 0 Å². The topological polar surface area (TPSA) is 189 Å². The molecule has 64 heavy (non-hydrogen) atoms. The number of carbonyl (C=O) groups is 3. The fraction of sp³-hybridized carbons (Fsp3) is 0.674. The standard InChI is InChI=1S/C46H77N5O10SeSi2/c1-19-46(12,36(28-57-30-55-13)48-40(52)37(49-42(54)59-43(3,4)5)31(2)29-62-33-23-21-20-22-24-33)58-35-27-32(25-26-34(35)60-63(15,16)44(6,7)8)39(38(50-51-47)41(53)56-14)61-64(17,18)45(9,10)11/h20-27,31,36-39H,19,28-30H2,1-18H3,(H,48,52)(H,49,54)/t31?,36-,37+,38+,39+,46-/m1/s1. The summed E-state index contributed by atoms with van der Waals surface area (Å²) in [5.41, 5.74) is 8.19. The Morgan fingerprint density at radius 1 is 0.859 bits per heavy atom. The van der Waals surface area contributed by atoms with Gasteiger partial charge in [-0.15, -0.1) is 0 Å². The number of benzene rings is 2. The van der Waals surface area contributed by atoms with E-state index in [0.717, 1.165) is 0 Å².